The topological polar surface area (TPSA) is 68.5 Å². The highest BCUT2D eigenvalue weighted by Crippen LogP contribution is 2.17. The fourth-order valence-corrected chi connectivity index (χ4v) is 2.24. The first-order valence-electron chi connectivity index (χ1n) is 7.27. The van der Waals surface area contributed by atoms with Crippen molar-refractivity contribution >= 4 is 23.5 Å². The summed E-state index contributed by atoms with van der Waals surface area (Å²) in [6.07, 6.45) is 2.17. The van der Waals surface area contributed by atoms with Crippen molar-refractivity contribution in [2.75, 3.05) is 6.61 Å². The van der Waals surface area contributed by atoms with Crippen LogP contribution in [0.1, 0.15) is 30.7 Å². The Morgan fingerprint density at radius 3 is 2.83 bits per heavy atom. The molecule has 0 saturated carbocycles. The Morgan fingerprint density at radius 1 is 1.30 bits per heavy atom. The van der Waals surface area contributed by atoms with Gasteiger partial charge in [-0.15, -0.1) is 0 Å². The summed E-state index contributed by atoms with van der Waals surface area (Å²) in [4.78, 5) is 23.4. The lowest BCUT2D eigenvalue weighted by Crippen LogP contribution is -2.31. The van der Waals surface area contributed by atoms with E-state index in [2.05, 4.69) is 5.32 Å². The molecule has 0 aliphatic carbocycles. The van der Waals surface area contributed by atoms with Gasteiger partial charge in [-0.1, -0.05) is 23.7 Å². The maximum atomic E-state index is 11.8. The van der Waals surface area contributed by atoms with E-state index in [9.17, 15) is 9.59 Å². The van der Waals surface area contributed by atoms with Crippen LogP contribution >= 0.6 is 11.6 Å². The minimum Gasteiger partial charge on any atom is -0.469 e. The third-order valence-electron chi connectivity index (χ3n) is 3.25. The number of rotatable bonds is 7. The van der Waals surface area contributed by atoms with Crippen molar-refractivity contribution in [1.82, 2.24) is 5.32 Å². The zero-order valence-electron chi connectivity index (χ0n) is 12.8. The molecule has 0 bridgehead atoms. The van der Waals surface area contributed by atoms with Crippen LogP contribution in [0, 0.1) is 0 Å². The Hall–Kier alpha value is -2.27. The number of amides is 1. The van der Waals surface area contributed by atoms with E-state index in [0.29, 0.717) is 17.2 Å². The predicted octanol–water partition coefficient (Wildman–Crippen LogP) is 3.29. The smallest absolute Gasteiger partial charge is 0.306 e. The number of halogens is 1. The Balaban J connectivity index is 1.71. The summed E-state index contributed by atoms with van der Waals surface area (Å²) in [5.74, 6) is -0.0863. The van der Waals surface area contributed by atoms with Crippen molar-refractivity contribution in [3.05, 3.63) is 59.0 Å². The molecule has 0 saturated heterocycles. The van der Waals surface area contributed by atoms with Crippen molar-refractivity contribution in [2.45, 2.75) is 25.8 Å². The molecule has 0 aliphatic rings. The summed E-state index contributed by atoms with van der Waals surface area (Å²) >= 11 is 5.92. The average Bonchev–Trinajstić information content (AvgIpc) is 3.04. The molecule has 1 amide bonds. The van der Waals surface area contributed by atoms with E-state index in [0.717, 1.165) is 5.56 Å². The highest BCUT2D eigenvalue weighted by Gasteiger charge is 2.12. The van der Waals surface area contributed by atoms with Crippen LogP contribution in [-0.2, 0) is 20.7 Å². The predicted molar refractivity (Wildman–Crippen MR) is 86.0 cm³/mol. The molecule has 1 N–H and O–H groups in total. The number of aryl methyl sites for hydroxylation is 1. The quantitative estimate of drug-likeness (QED) is 0.788. The fraction of sp³-hybridized carbons (Fsp3) is 0.294. The summed E-state index contributed by atoms with van der Waals surface area (Å²) in [5.41, 5.74) is 0.884. The molecule has 1 atom stereocenters. The van der Waals surface area contributed by atoms with E-state index >= 15 is 0 Å². The van der Waals surface area contributed by atoms with Crippen molar-refractivity contribution in [2.24, 2.45) is 0 Å². The zero-order valence-corrected chi connectivity index (χ0v) is 13.5. The highest BCUT2D eigenvalue weighted by molar-refractivity contribution is 6.30. The Labute approximate surface area is 139 Å². The number of carbonyl (C=O) groups is 2. The third-order valence-corrected chi connectivity index (χ3v) is 3.48. The van der Waals surface area contributed by atoms with Gasteiger partial charge < -0.3 is 14.5 Å². The monoisotopic (exact) mass is 335 g/mol. The summed E-state index contributed by atoms with van der Waals surface area (Å²) in [6, 6.07) is 10.5. The number of hydrogen-bond acceptors (Lipinski definition) is 4. The van der Waals surface area contributed by atoms with Crippen molar-refractivity contribution in [3.8, 4) is 0 Å². The fourth-order valence-electron chi connectivity index (χ4n) is 2.04. The van der Waals surface area contributed by atoms with Crippen LogP contribution in [0.3, 0.4) is 0 Å². The second-order valence-corrected chi connectivity index (χ2v) is 5.52. The molecule has 2 rings (SSSR count). The first-order chi connectivity index (χ1) is 11.0. The van der Waals surface area contributed by atoms with E-state index in [-0.39, 0.29) is 25.0 Å². The van der Waals surface area contributed by atoms with E-state index in [1.54, 1.807) is 30.5 Å². The molecule has 0 radical (unpaired) electrons. The summed E-state index contributed by atoms with van der Waals surface area (Å²) in [5, 5.41) is 3.36. The van der Waals surface area contributed by atoms with Crippen LogP contribution < -0.4 is 5.32 Å². The minimum atomic E-state index is -0.438. The van der Waals surface area contributed by atoms with Gasteiger partial charge in [0.15, 0.2) is 6.61 Å². The maximum absolute atomic E-state index is 11.8. The summed E-state index contributed by atoms with van der Waals surface area (Å²) in [7, 11) is 0. The minimum absolute atomic E-state index is 0.171. The van der Waals surface area contributed by atoms with Crippen LogP contribution in [-0.4, -0.2) is 18.5 Å². The number of benzene rings is 1. The lowest BCUT2D eigenvalue weighted by atomic mass is 10.1. The Kier molecular flexibility index (Phi) is 6.23. The molecule has 5 nitrogen and oxygen atoms in total. The zero-order chi connectivity index (χ0) is 16.7. The van der Waals surface area contributed by atoms with Crippen LogP contribution in [0.2, 0.25) is 5.02 Å². The van der Waals surface area contributed by atoms with Gasteiger partial charge in [-0.2, -0.15) is 0 Å². The van der Waals surface area contributed by atoms with Gasteiger partial charge in [0.2, 0.25) is 0 Å². The third kappa shape index (κ3) is 5.79. The second kappa shape index (κ2) is 8.39. The molecule has 1 heterocycles. The molecule has 0 fully saturated rings. The van der Waals surface area contributed by atoms with Gasteiger partial charge >= 0.3 is 5.97 Å². The largest absolute Gasteiger partial charge is 0.469 e. The Morgan fingerprint density at radius 2 is 2.13 bits per heavy atom. The molecular formula is C17H18ClNO4. The number of esters is 1. The summed E-state index contributed by atoms with van der Waals surface area (Å²) in [6.45, 7) is 1.53. The normalized spacial score (nSPS) is 11.7. The molecule has 2 aromatic rings. The van der Waals surface area contributed by atoms with Crippen LogP contribution in [0.15, 0.2) is 47.1 Å². The van der Waals surface area contributed by atoms with Crippen molar-refractivity contribution in [3.63, 3.8) is 0 Å². The van der Waals surface area contributed by atoms with Gasteiger partial charge in [0, 0.05) is 11.4 Å². The number of furan rings is 1. The highest BCUT2D eigenvalue weighted by atomic mass is 35.5. The van der Waals surface area contributed by atoms with Gasteiger partial charge in [0.05, 0.1) is 18.7 Å². The lowest BCUT2D eigenvalue weighted by Gasteiger charge is -2.14. The van der Waals surface area contributed by atoms with Crippen LogP contribution in [0.4, 0.5) is 0 Å². The number of carbonyl (C=O) groups excluding carboxylic acids is 2. The van der Waals surface area contributed by atoms with Gasteiger partial charge in [0.1, 0.15) is 5.76 Å². The van der Waals surface area contributed by atoms with Gasteiger partial charge in [-0.25, -0.2) is 0 Å². The molecule has 0 spiro atoms. The standard InChI is InChI=1S/C17H18ClNO4/c1-12(13-4-2-5-14(18)10-13)19-16(20)11-23-17(21)8-7-15-6-3-9-22-15/h2-6,9-10,12H,7-8,11H2,1H3,(H,19,20)/t12-/m1/s1. The number of ether oxygens (including phenoxy) is 1. The Bertz CT molecular complexity index is 654. The van der Waals surface area contributed by atoms with Crippen LogP contribution in [0.25, 0.3) is 0 Å². The molecule has 1 aromatic heterocycles. The molecule has 23 heavy (non-hydrogen) atoms. The lowest BCUT2D eigenvalue weighted by molar-refractivity contribution is -0.148. The van der Waals surface area contributed by atoms with Crippen LogP contribution in [0.5, 0.6) is 0 Å². The SMILES string of the molecule is C[C@@H](NC(=O)COC(=O)CCc1ccco1)c1cccc(Cl)c1. The number of nitrogens with one attached hydrogen (secondary N) is 1. The first-order valence-corrected chi connectivity index (χ1v) is 7.65. The molecule has 1 aromatic carbocycles. The van der Waals surface area contributed by atoms with Crippen molar-refractivity contribution in [1.29, 1.82) is 0 Å². The van der Waals surface area contributed by atoms with Gasteiger partial charge in [0.25, 0.3) is 5.91 Å². The molecule has 0 unspecified atom stereocenters. The van der Waals surface area contributed by atoms with Gasteiger partial charge in [-0.05, 0) is 36.8 Å². The molecular weight excluding hydrogens is 318 g/mol. The van der Waals surface area contributed by atoms with Gasteiger partial charge in [-0.3, -0.25) is 9.59 Å². The molecule has 6 heteroatoms. The first kappa shape index (κ1) is 17.1. The van der Waals surface area contributed by atoms with E-state index in [1.165, 1.54) is 0 Å². The number of hydrogen-bond donors (Lipinski definition) is 1. The summed E-state index contributed by atoms with van der Waals surface area (Å²) < 4.78 is 10.1. The molecule has 0 aliphatic heterocycles. The second-order valence-electron chi connectivity index (χ2n) is 5.08. The van der Waals surface area contributed by atoms with E-state index in [4.69, 9.17) is 20.8 Å². The van der Waals surface area contributed by atoms with E-state index in [1.807, 2.05) is 19.1 Å². The average molecular weight is 336 g/mol. The maximum Gasteiger partial charge on any atom is 0.306 e. The van der Waals surface area contributed by atoms with E-state index < -0.39 is 5.97 Å². The van der Waals surface area contributed by atoms with Crippen molar-refractivity contribution < 1.29 is 18.7 Å². The molecule has 122 valence electrons.